The molecule has 2 aromatic rings. The summed E-state index contributed by atoms with van der Waals surface area (Å²) in [5, 5.41) is 1.80. The highest BCUT2D eigenvalue weighted by molar-refractivity contribution is 6.28. The molecule has 1 fully saturated rings. The molecule has 0 aliphatic heterocycles. The van der Waals surface area contributed by atoms with Gasteiger partial charge in [0.25, 0.3) is 5.91 Å². The number of nitrogens with zero attached hydrogens (tertiary/aromatic N) is 3. The van der Waals surface area contributed by atoms with Gasteiger partial charge in [0.1, 0.15) is 11.3 Å². The lowest BCUT2D eigenvalue weighted by Gasteiger charge is -2.16. The molecule has 0 radical (unpaired) electrons. The average Bonchev–Trinajstić information content (AvgIpc) is 3.03. The molecule has 100 valence electrons. The molecule has 0 aromatic carbocycles. The molecule has 0 bridgehead atoms. The van der Waals surface area contributed by atoms with Gasteiger partial charge in [0, 0.05) is 24.7 Å². The first-order valence-electron chi connectivity index (χ1n) is 6.83. The molecular formula is C13H15ClN4O. The zero-order valence-electron chi connectivity index (χ0n) is 11.6. The number of carbonyl (C=O) groups is 1. The summed E-state index contributed by atoms with van der Waals surface area (Å²) in [4.78, 5) is 20.4. The van der Waals surface area contributed by atoms with E-state index in [1.807, 2.05) is 4.57 Å². The molecule has 1 N–H and O–H groups in total. The van der Waals surface area contributed by atoms with Crippen molar-refractivity contribution in [3.8, 4) is 0 Å². The first-order chi connectivity index (χ1) is 9.58. The van der Waals surface area contributed by atoms with Crippen molar-refractivity contribution in [3.05, 3.63) is 23.2 Å². The molecule has 5 nitrogen and oxygen atoms in total. The third-order valence-corrected chi connectivity index (χ3v) is 3.84. The number of hydrogen-bond donors (Lipinski definition) is 1. The first-order valence-corrected chi connectivity index (χ1v) is 6.76. The zero-order valence-corrected chi connectivity index (χ0v) is 11.4. The molecule has 2 aromatic heterocycles. The molecule has 0 saturated heterocycles. The molecule has 2 heterocycles. The van der Waals surface area contributed by atoms with Gasteiger partial charge >= 0.3 is 0 Å². The molecule has 6 heteroatoms. The maximum absolute atomic E-state index is 12.2. The van der Waals surface area contributed by atoms with E-state index in [0.717, 1.165) is 36.4 Å². The van der Waals surface area contributed by atoms with Gasteiger partial charge in [-0.15, -0.1) is 0 Å². The Balaban J connectivity index is 2.22. The third kappa shape index (κ3) is 2.08. The van der Waals surface area contributed by atoms with Crippen LogP contribution in [0.1, 0.15) is 42.2 Å². The average molecular weight is 280 g/mol. The van der Waals surface area contributed by atoms with E-state index in [9.17, 15) is 4.79 Å². The first kappa shape index (κ1) is 11.2. The van der Waals surface area contributed by atoms with E-state index in [1.54, 1.807) is 12.3 Å². The summed E-state index contributed by atoms with van der Waals surface area (Å²) in [6, 6.07) is 1.99. The van der Waals surface area contributed by atoms with Gasteiger partial charge < -0.3 is 9.88 Å². The number of nitrogens with one attached hydrogen (secondary N) is 1. The van der Waals surface area contributed by atoms with Crippen molar-refractivity contribution in [2.45, 2.75) is 31.7 Å². The Labute approximate surface area is 117 Å². The Kier molecular flexibility index (Phi) is 2.84. The summed E-state index contributed by atoms with van der Waals surface area (Å²) in [6.45, 7) is 0. The molecule has 0 atom stereocenters. The van der Waals surface area contributed by atoms with Crippen molar-refractivity contribution in [1.29, 1.82) is 0 Å². The van der Waals surface area contributed by atoms with E-state index in [2.05, 4.69) is 9.97 Å². The predicted octanol–water partition coefficient (Wildman–Crippen LogP) is 2.56. The van der Waals surface area contributed by atoms with Crippen LogP contribution in [0.4, 0.5) is 0 Å². The molecule has 19 heavy (non-hydrogen) atoms. The van der Waals surface area contributed by atoms with Gasteiger partial charge in [-0.25, -0.2) is 4.98 Å². The van der Waals surface area contributed by atoms with Gasteiger partial charge in [-0.3, -0.25) is 4.79 Å². The molecule has 1 amide bonds. The summed E-state index contributed by atoms with van der Waals surface area (Å²) in [5.74, 6) is -0.342. The van der Waals surface area contributed by atoms with E-state index in [4.69, 9.17) is 13.0 Å². The quantitative estimate of drug-likeness (QED) is 0.860. The fourth-order valence-corrected chi connectivity index (χ4v) is 2.93. The number of hydrogen-bond acceptors (Lipinski definition) is 3. The Morgan fingerprint density at radius 3 is 3.00 bits per heavy atom. The monoisotopic (exact) mass is 279 g/mol. The summed E-state index contributed by atoms with van der Waals surface area (Å²) in [5.41, 5.74) is 1.17. The Morgan fingerprint density at radius 2 is 2.32 bits per heavy atom. The Hall–Kier alpha value is -1.62. The van der Waals surface area contributed by atoms with Crippen molar-refractivity contribution in [2.75, 3.05) is 7.05 Å². The Bertz CT molecular complexity index is 664. The number of carbonyl (C=O) groups excluding carboxylic acids is 1. The topological polar surface area (TPSA) is 59.8 Å². The van der Waals surface area contributed by atoms with E-state index in [0.29, 0.717) is 11.3 Å². The minimum Gasteiger partial charge on any atom is -0.354 e. The lowest BCUT2D eigenvalue weighted by molar-refractivity contribution is 0.0952. The molecule has 1 aliphatic rings. The fraction of sp³-hybridized carbons (Fsp3) is 0.462. The summed E-state index contributed by atoms with van der Waals surface area (Å²) >= 11 is 5.88. The van der Waals surface area contributed by atoms with Crippen LogP contribution in [0.5, 0.6) is 0 Å². The minimum atomic E-state index is -0.342. The molecular weight excluding hydrogens is 264 g/mol. The Morgan fingerprint density at radius 1 is 1.58 bits per heavy atom. The van der Waals surface area contributed by atoms with Gasteiger partial charge in [-0.2, -0.15) is 4.98 Å². The normalized spacial score (nSPS) is 16.8. The van der Waals surface area contributed by atoms with Crippen LogP contribution in [0.3, 0.4) is 0 Å². The maximum atomic E-state index is 12.2. The second-order valence-electron chi connectivity index (χ2n) is 4.78. The lowest BCUT2D eigenvalue weighted by atomic mass is 10.2. The predicted molar refractivity (Wildman–Crippen MR) is 73.4 cm³/mol. The van der Waals surface area contributed by atoms with Crippen LogP contribution >= 0.6 is 11.6 Å². The molecule has 0 unspecified atom stereocenters. The molecule has 1 saturated carbocycles. The van der Waals surface area contributed by atoms with Crippen molar-refractivity contribution < 1.29 is 6.21 Å². The van der Waals surface area contributed by atoms with Crippen molar-refractivity contribution in [3.63, 3.8) is 0 Å². The van der Waals surface area contributed by atoms with Crippen LogP contribution in [-0.4, -0.2) is 27.5 Å². The van der Waals surface area contributed by atoms with E-state index in [1.165, 1.54) is 7.05 Å². The maximum Gasteiger partial charge on any atom is 0.267 e. The van der Waals surface area contributed by atoms with Gasteiger partial charge in [0.05, 0.1) is 0 Å². The highest BCUT2D eigenvalue weighted by atomic mass is 35.5. The zero-order chi connectivity index (χ0) is 14.3. The summed E-state index contributed by atoms with van der Waals surface area (Å²) < 4.78 is 9.45. The summed E-state index contributed by atoms with van der Waals surface area (Å²) in [6.07, 6.45) is 5.96. The van der Waals surface area contributed by atoms with Crippen molar-refractivity contribution >= 4 is 28.5 Å². The SMILES string of the molecule is [2H]N(C)C(=O)c1cc2cnc(Cl)nc2n1C1CCCC1. The van der Waals surface area contributed by atoms with E-state index >= 15 is 0 Å². The van der Waals surface area contributed by atoms with Crippen LogP contribution in [0.25, 0.3) is 11.0 Å². The van der Waals surface area contributed by atoms with Crippen molar-refractivity contribution in [2.24, 2.45) is 0 Å². The standard InChI is InChI=1S/C13H15ClN4O/c1-15-12(19)10-6-8-7-16-13(14)17-11(8)18(10)9-4-2-3-5-9/h6-7,9H,2-5H2,1H3,(H,15,19)/i/hD. The van der Waals surface area contributed by atoms with Gasteiger partial charge in [-0.1, -0.05) is 12.8 Å². The highest BCUT2D eigenvalue weighted by Crippen LogP contribution is 2.34. The van der Waals surface area contributed by atoms with Gasteiger partial charge in [-0.05, 0) is 30.5 Å². The number of rotatable bonds is 2. The van der Waals surface area contributed by atoms with Crippen LogP contribution < -0.4 is 5.31 Å². The van der Waals surface area contributed by atoms with E-state index in [-0.39, 0.29) is 17.2 Å². The van der Waals surface area contributed by atoms with Crippen LogP contribution in [-0.2, 0) is 0 Å². The second kappa shape index (κ2) is 4.81. The number of fused-ring (bicyclic) bond motifs is 1. The molecule has 1 aliphatic carbocycles. The summed E-state index contributed by atoms with van der Waals surface area (Å²) in [7, 11) is 1.43. The van der Waals surface area contributed by atoms with Gasteiger partial charge in [0.15, 0.2) is 1.41 Å². The molecule has 3 rings (SSSR count). The van der Waals surface area contributed by atoms with Crippen LogP contribution in [0.15, 0.2) is 12.3 Å². The van der Waals surface area contributed by atoms with Crippen molar-refractivity contribution in [1.82, 2.24) is 19.8 Å². The van der Waals surface area contributed by atoms with Crippen LogP contribution in [0, 0.1) is 0 Å². The van der Waals surface area contributed by atoms with Crippen LogP contribution in [0.2, 0.25) is 6.70 Å². The highest BCUT2D eigenvalue weighted by Gasteiger charge is 2.25. The second-order valence-corrected chi connectivity index (χ2v) is 5.12. The lowest BCUT2D eigenvalue weighted by Crippen LogP contribution is -2.23. The largest absolute Gasteiger partial charge is 0.354 e. The smallest absolute Gasteiger partial charge is 0.267 e. The molecule has 0 spiro atoms. The number of aromatic nitrogens is 3. The minimum absolute atomic E-state index is 0.174. The van der Waals surface area contributed by atoms with Gasteiger partial charge in [0.2, 0.25) is 5.28 Å². The number of amides is 1. The fourth-order valence-electron chi connectivity index (χ4n) is 2.80. The van der Waals surface area contributed by atoms with E-state index < -0.39 is 0 Å². The number of halogens is 1. The third-order valence-electron chi connectivity index (χ3n) is 3.66.